The van der Waals surface area contributed by atoms with Crippen LogP contribution < -0.4 is 0 Å². The Morgan fingerprint density at radius 3 is 2.00 bits per heavy atom. The molecule has 0 radical (unpaired) electrons. The summed E-state index contributed by atoms with van der Waals surface area (Å²) < 4.78 is 1.30. The quantitative estimate of drug-likeness (QED) is 0.413. The van der Waals surface area contributed by atoms with Gasteiger partial charge in [0.05, 0.1) is 0 Å². The zero-order valence-corrected chi connectivity index (χ0v) is 11.4. The molecule has 0 aromatic heterocycles. The van der Waals surface area contributed by atoms with E-state index in [1.807, 2.05) is 0 Å². The molecule has 0 atom stereocenters. The third-order valence-electron chi connectivity index (χ3n) is 1.65. The number of hydrogen-bond acceptors (Lipinski definition) is 1. The Labute approximate surface area is 96.2 Å². The van der Waals surface area contributed by atoms with Crippen molar-refractivity contribution in [2.75, 3.05) is 13.1 Å². The van der Waals surface area contributed by atoms with Crippen LogP contribution in [0.5, 0.6) is 0 Å². The van der Waals surface area contributed by atoms with E-state index in [-0.39, 0.29) is 5.54 Å². The maximum atomic E-state index is 4.74. The third-order valence-corrected chi connectivity index (χ3v) is 3.15. The summed E-state index contributed by atoms with van der Waals surface area (Å²) in [5.41, 5.74) is 0.0652. The van der Waals surface area contributed by atoms with E-state index in [9.17, 15) is 0 Å². The second-order valence-electron chi connectivity index (χ2n) is 3.94. The van der Waals surface area contributed by atoms with Crippen LogP contribution in [0.25, 0.3) is 0 Å². The zero-order chi connectivity index (χ0) is 10.5. The first kappa shape index (κ1) is 13.6. The Morgan fingerprint density at radius 1 is 1.31 bits per heavy atom. The van der Waals surface area contributed by atoms with Gasteiger partial charge in [-0.2, -0.15) is 0 Å². The van der Waals surface area contributed by atoms with Crippen LogP contribution in [0.2, 0.25) is 0 Å². The molecule has 0 spiro atoms. The zero-order valence-electron chi connectivity index (χ0n) is 9.72. The Kier molecular flexibility index (Phi) is 6.42. The summed E-state index contributed by atoms with van der Waals surface area (Å²) in [5, 5.41) is 0. The van der Waals surface area contributed by atoms with Crippen LogP contribution >= 0.6 is 0 Å². The molecule has 0 amide bonds. The molecule has 13 heavy (non-hydrogen) atoms. The standard InChI is InChI=1S/C9H20N2Se.Li/c1-6-11(7-2)8(12)10-9(3,4)5;/h6-7H2,1-5H3,(H,10,12);/q;+1/p-1. The summed E-state index contributed by atoms with van der Waals surface area (Å²) in [6.45, 7) is 13.0. The molecule has 72 valence electrons. The van der Waals surface area contributed by atoms with Crippen LogP contribution in [0.15, 0.2) is 4.99 Å². The Morgan fingerprint density at radius 2 is 1.77 bits per heavy atom. The van der Waals surface area contributed by atoms with Gasteiger partial charge in [-0.15, -0.1) is 0 Å². The maximum absolute atomic E-state index is 4.74. The van der Waals surface area contributed by atoms with E-state index in [2.05, 4.69) is 55.3 Å². The fraction of sp³-hybridized carbons (Fsp3) is 0.889. The normalized spacial score (nSPS) is 13.3. The van der Waals surface area contributed by atoms with Crippen LogP contribution in [0.3, 0.4) is 0 Å². The van der Waals surface area contributed by atoms with Gasteiger partial charge in [0.2, 0.25) is 0 Å². The second-order valence-corrected chi connectivity index (χ2v) is 5.56. The number of rotatable bonds is 3. The van der Waals surface area contributed by atoms with Crippen LogP contribution in [-0.2, 0) is 0 Å². The van der Waals surface area contributed by atoms with Crippen molar-refractivity contribution in [1.29, 1.82) is 0 Å². The summed E-state index contributed by atoms with van der Waals surface area (Å²) in [6.07, 6.45) is 0. The van der Waals surface area contributed by atoms with Crippen molar-refractivity contribution in [3.63, 3.8) is 0 Å². The molecule has 0 aromatic carbocycles. The van der Waals surface area contributed by atoms with Crippen molar-refractivity contribution < 1.29 is 0 Å². The fourth-order valence-corrected chi connectivity index (χ4v) is 2.88. The molecule has 0 aromatic rings. The van der Waals surface area contributed by atoms with Gasteiger partial charge in [-0.3, -0.25) is 0 Å². The third kappa shape index (κ3) is 5.81. The molecule has 0 heterocycles. The monoisotopic (exact) mass is 242 g/mol. The van der Waals surface area contributed by atoms with Crippen molar-refractivity contribution in [3.05, 3.63) is 0 Å². The molecule has 0 aliphatic heterocycles. The van der Waals surface area contributed by atoms with Gasteiger partial charge in [-0.05, 0) is 0 Å². The van der Waals surface area contributed by atoms with Gasteiger partial charge >= 0.3 is 96.4 Å². The molecule has 0 rings (SSSR count). The predicted octanol–water partition coefficient (Wildman–Crippen LogP) is 1.27. The Bertz CT molecular complexity index is 171. The number of aliphatic imine (C=N–C) groups is 1. The van der Waals surface area contributed by atoms with Gasteiger partial charge in [-0.25, -0.2) is 0 Å². The van der Waals surface area contributed by atoms with Gasteiger partial charge in [0.15, 0.2) is 0 Å². The predicted molar refractivity (Wildman–Crippen MR) is 61.6 cm³/mol. The Balaban J connectivity index is 4.57. The SMILES string of the molecule is [Li][Se]C(=NC(C)(C)C)N(CC)CC. The minimum absolute atomic E-state index is 0.0652. The van der Waals surface area contributed by atoms with Crippen LogP contribution in [0.4, 0.5) is 0 Å². The molecule has 0 N–H and O–H groups in total. The molecular formula is C9H19LiN2Se. The van der Waals surface area contributed by atoms with Crippen molar-refractivity contribution in [3.8, 4) is 0 Å². The molecule has 0 unspecified atom stereocenters. The average molecular weight is 241 g/mol. The molecule has 4 heteroatoms. The molecule has 0 bridgehead atoms. The number of amidine groups is 1. The molecule has 2 nitrogen and oxygen atoms in total. The first-order chi connectivity index (χ1) is 5.94. The van der Waals surface area contributed by atoms with E-state index in [4.69, 9.17) is 4.99 Å². The van der Waals surface area contributed by atoms with Crippen molar-refractivity contribution in [2.45, 2.75) is 40.2 Å². The van der Waals surface area contributed by atoms with Crippen LogP contribution in [0, 0.1) is 0 Å². The van der Waals surface area contributed by atoms with Gasteiger partial charge < -0.3 is 0 Å². The molecule has 0 aliphatic carbocycles. The van der Waals surface area contributed by atoms with E-state index in [1.165, 1.54) is 4.73 Å². The first-order valence-corrected chi connectivity index (χ1v) is 7.40. The van der Waals surface area contributed by atoms with E-state index < -0.39 is 0 Å². The van der Waals surface area contributed by atoms with Gasteiger partial charge in [0.25, 0.3) is 0 Å². The van der Waals surface area contributed by atoms with Gasteiger partial charge in [-0.1, -0.05) is 0 Å². The van der Waals surface area contributed by atoms with Crippen molar-refractivity contribution >= 4 is 33.3 Å². The minimum atomic E-state index is 0.0652. The van der Waals surface area contributed by atoms with Gasteiger partial charge in [0, 0.05) is 0 Å². The van der Waals surface area contributed by atoms with Crippen molar-refractivity contribution in [1.82, 2.24) is 4.90 Å². The number of hydrogen-bond donors (Lipinski definition) is 0. The second kappa shape index (κ2) is 6.14. The molecule has 0 fully saturated rings. The summed E-state index contributed by atoms with van der Waals surface area (Å²) >= 11 is 2.73. The molecule has 0 saturated carbocycles. The summed E-state index contributed by atoms with van der Waals surface area (Å²) in [7, 11) is 0. The van der Waals surface area contributed by atoms with E-state index in [1.54, 1.807) is 0 Å². The molecule has 0 aliphatic rings. The molecule has 0 saturated heterocycles. The Hall–Kier alpha value is 0.587. The van der Waals surface area contributed by atoms with E-state index >= 15 is 0 Å². The first-order valence-electron chi connectivity index (χ1n) is 4.83. The van der Waals surface area contributed by atoms with E-state index in [0.29, 0.717) is 12.8 Å². The van der Waals surface area contributed by atoms with E-state index in [0.717, 1.165) is 13.1 Å². The summed E-state index contributed by atoms with van der Waals surface area (Å²) in [5.74, 6) is 0. The van der Waals surface area contributed by atoms with Crippen LogP contribution in [0.1, 0.15) is 34.6 Å². The van der Waals surface area contributed by atoms with Gasteiger partial charge in [0.1, 0.15) is 0 Å². The fourth-order valence-electron chi connectivity index (χ4n) is 1.03. The molecular weight excluding hydrogens is 222 g/mol. The summed E-state index contributed by atoms with van der Waals surface area (Å²) in [6, 6.07) is 0. The van der Waals surface area contributed by atoms with Crippen LogP contribution in [-0.4, -0.2) is 56.8 Å². The topological polar surface area (TPSA) is 15.6 Å². The average Bonchev–Trinajstić information content (AvgIpc) is 2.02. The number of nitrogens with zero attached hydrogens (tertiary/aromatic N) is 2. The summed E-state index contributed by atoms with van der Waals surface area (Å²) in [4.78, 5) is 7.09. The van der Waals surface area contributed by atoms with Crippen molar-refractivity contribution in [2.24, 2.45) is 4.99 Å².